The monoisotopic (exact) mass is 190 g/mol. The first kappa shape index (κ1) is 9.09. The molecule has 1 heterocycles. The molecule has 0 saturated heterocycles. The number of fused-ring (bicyclic) bond motifs is 1. The van der Waals surface area contributed by atoms with Gasteiger partial charge in [-0.25, -0.2) is 0 Å². The molecule has 3 heteroatoms. The van der Waals surface area contributed by atoms with Crippen LogP contribution >= 0.6 is 0 Å². The van der Waals surface area contributed by atoms with Crippen LogP contribution in [-0.2, 0) is 6.42 Å². The smallest absolute Gasteiger partial charge is 0.117 e. The first-order chi connectivity index (χ1) is 6.72. The number of phenolic OH excluding ortho intramolecular Hbond substituents is 1. The summed E-state index contributed by atoms with van der Waals surface area (Å²) in [6.45, 7) is 2.68. The lowest BCUT2D eigenvalue weighted by atomic mass is 10.1. The van der Waals surface area contributed by atoms with Crippen LogP contribution in [0.15, 0.2) is 18.2 Å². The summed E-state index contributed by atoms with van der Waals surface area (Å²) in [5, 5.41) is 10.5. The van der Waals surface area contributed by atoms with Crippen LogP contribution in [-0.4, -0.2) is 16.6 Å². The number of aromatic hydroxyl groups is 1. The van der Waals surface area contributed by atoms with E-state index in [0.717, 1.165) is 23.0 Å². The fourth-order valence-corrected chi connectivity index (χ4v) is 1.84. The second kappa shape index (κ2) is 3.35. The van der Waals surface area contributed by atoms with Gasteiger partial charge in [-0.05, 0) is 37.6 Å². The van der Waals surface area contributed by atoms with Gasteiger partial charge in [0.15, 0.2) is 0 Å². The summed E-state index contributed by atoms with van der Waals surface area (Å²) in [4.78, 5) is 3.24. The van der Waals surface area contributed by atoms with Gasteiger partial charge in [-0.15, -0.1) is 0 Å². The van der Waals surface area contributed by atoms with Crippen LogP contribution in [0.5, 0.6) is 5.75 Å². The van der Waals surface area contributed by atoms with Gasteiger partial charge in [0.25, 0.3) is 0 Å². The minimum absolute atomic E-state index is 0.290. The number of hydrogen-bond acceptors (Lipinski definition) is 2. The number of H-pyrrole nitrogens is 1. The maximum atomic E-state index is 9.32. The van der Waals surface area contributed by atoms with Crippen molar-refractivity contribution < 1.29 is 5.11 Å². The van der Waals surface area contributed by atoms with E-state index in [-0.39, 0.29) is 5.75 Å². The number of nitrogens with two attached hydrogens (primary N) is 1. The lowest BCUT2D eigenvalue weighted by molar-refractivity contribution is 0.476. The molecule has 0 saturated carbocycles. The molecule has 0 aliphatic heterocycles. The largest absolute Gasteiger partial charge is 0.508 e. The van der Waals surface area contributed by atoms with Crippen LogP contribution in [0.25, 0.3) is 10.9 Å². The number of aromatic amines is 1. The fourth-order valence-electron chi connectivity index (χ4n) is 1.84. The highest BCUT2D eigenvalue weighted by atomic mass is 16.3. The van der Waals surface area contributed by atoms with Crippen molar-refractivity contribution in [3.8, 4) is 5.75 Å². The predicted octanol–water partition coefficient (Wildman–Crippen LogP) is 1.68. The third-order valence-corrected chi connectivity index (χ3v) is 2.50. The number of hydrogen-bond donors (Lipinski definition) is 3. The average molecular weight is 190 g/mol. The molecule has 0 atom stereocenters. The number of aryl methyl sites for hydroxylation is 1. The zero-order chi connectivity index (χ0) is 10.1. The van der Waals surface area contributed by atoms with Gasteiger partial charge in [-0.2, -0.15) is 0 Å². The highest BCUT2D eigenvalue weighted by Crippen LogP contribution is 2.25. The molecule has 4 N–H and O–H groups in total. The molecule has 0 radical (unpaired) electrons. The molecule has 3 nitrogen and oxygen atoms in total. The second-order valence-corrected chi connectivity index (χ2v) is 3.50. The van der Waals surface area contributed by atoms with Crippen LogP contribution in [0.1, 0.15) is 11.3 Å². The van der Waals surface area contributed by atoms with E-state index in [4.69, 9.17) is 5.73 Å². The lowest BCUT2D eigenvalue weighted by Crippen LogP contribution is -2.03. The van der Waals surface area contributed by atoms with Crippen LogP contribution < -0.4 is 5.73 Å². The van der Waals surface area contributed by atoms with Gasteiger partial charge in [-0.1, -0.05) is 0 Å². The quantitative estimate of drug-likeness (QED) is 0.674. The zero-order valence-corrected chi connectivity index (χ0v) is 8.17. The van der Waals surface area contributed by atoms with Crippen molar-refractivity contribution in [3.63, 3.8) is 0 Å². The Morgan fingerprint density at radius 3 is 2.93 bits per heavy atom. The molecule has 14 heavy (non-hydrogen) atoms. The molecule has 0 aliphatic carbocycles. The molecular formula is C11H14N2O. The van der Waals surface area contributed by atoms with Crippen molar-refractivity contribution in [2.24, 2.45) is 5.73 Å². The molecule has 0 unspecified atom stereocenters. The number of phenols is 1. The Kier molecular flexibility index (Phi) is 2.17. The molecule has 1 aromatic carbocycles. The molecule has 2 aromatic rings. The second-order valence-electron chi connectivity index (χ2n) is 3.50. The summed E-state index contributed by atoms with van der Waals surface area (Å²) in [5.41, 5.74) is 8.91. The molecule has 0 bridgehead atoms. The van der Waals surface area contributed by atoms with Gasteiger partial charge in [0.2, 0.25) is 0 Å². The van der Waals surface area contributed by atoms with Crippen LogP contribution in [0, 0.1) is 6.92 Å². The SMILES string of the molecule is Cc1[nH]c2cc(O)ccc2c1CCN. The number of rotatable bonds is 2. The van der Waals surface area contributed by atoms with E-state index in [1.165, 1.54) is 5.56 Å². The molecular weight excluding hydrogens is 176 g/mol. The Hall–Kier alpha value is -1.48. The maximum absolute atomic E-state index is 9.32. The van der Waals surface area contributed by atoms with E-state index in [2.05, 4.69) is 4.98 Å². The van der Waals surface area contributed by atoms with Gasteiger partial charge in [0.05, 0.1) is 0 Å². The summed E-state index contributed by atoms with van der Waals surface area (Å²) >= 11 is 0. The van der Waals surface area contributed by atoms with Crippen LogP contribution in [0.2, 0.25) is 0 Å². The standard InChI is InChI=1S/C11H14N2O/c1-7-9(4-5-12)10-3-2-8(14)6-11(10)13-7/h2-3,6,13-14H,4-5,12H2,1H3. The Bertz CT molecular complexity index is 460. The molecule has 0 spiro atoms. The summed E-state index contributed by atoms with van der Waals surface area (Å²) in [6, 6.07) is 5.37. The number of aromatic nitrogens is 1. The van der Waals surface area contributed by atoms with Crippen LogP contribution in [0.3, 0.4) is 0 Å². The number of nitrogens with one attached hydrogen (secondary N) is 1. The minimum Gasteiger partial charge on any atom is -0.508 e. The van der Waals surface area contributed by atoms with Gasteiger partial charge in [0, 0.05) is 22.7 Å². The lowest BCUT2D eigenvalue weighted by Gasteiger charge is -1.97. The topological polar surface area (TPSA) is 62.0 Å². The van der Waals surface area contributed by atoms with E-state index in [1.807, 2.05) is 13.0 Å². The average Bonchev–Trinajstić information content (AvgIpc) is 2.43. The normalized spacial score (nSPS) is 11.0. The molecule has 74 valence electrons. The van der Waals surface area contributed by atoms with Gasteiger partial charge < -0.3 is 15.8 Å². The van der Waals surface area contributed by atoms with Crippen molar-refractivity contribution in [1.29, 1.82) is 0 Å². The molecule has 0 amide bonds. The summed E-state index contributed by atoms with van der Waals surface area (Å²) in [7, 11) is 0. The van der Waals surface area contributed by atoms with Crippen molar-refractivity contribution in [1.82, 2.24) is 4.98 Å². The third-order valence-electron chi connectivity index (χ3n) is 2.50. The summed E-state index contributed by atoms with van der Waals surface area (Å²) < 4.78 is 0. The van der Waals surface area contributed by atoms with Gasteiger partial charge in [-0.3, -0.25) is 0 Å². The molecule has 0 fully saturated rings. The minimum atomic E-state index is 0.290. The first-order valence-corrected chi connectivity index (χ1v) is 4.72. The summed E-state index contributed by atoms with van der Waals surface area (Å²) in [6.07, 6.45) is 0.872. The highest BCUT2D eigenvalue weighted by Gasteiger charge is 2.07. The van der Waals surface area contributed by atoms with Crippen molar-refractivity contribution >= 4 is 10.9 Å². The highest BCUT2D eigenvalue weighted by molar-refractivity contribution is 5.85. The Balaban J connectivity index is 2.64. The molecule has 2 rings (SSSR count). The Morgan fingerprint density at radius 1 is 1.43 bits per heavy atom. The maximum Gasteiger partial charge on any atom is 0.117 e. The Morgan fingerprint density at radius 2 is 2.21 bits per heavy atom. The zero-order valence-electron chi connectivity index (χ0n) is 8.17. The Labute approximate surface area is 82.6 Å². The van der Waals surface area contributed by atoms with Crippen molar-refractivity contribution in [2.75, 3.05) is 6.54 Å². The van der Waals surface area contributed by atoms with Crippen LogP contribution in [0.4, 0.5) is 0 Å². The molecule has 0 aliphatic rings. The van der Waals surface area contributed by atoms with E-state index in [1.54, 1.807) is 12.1 Å². The fraction of sp³-hybridized carbons (Fsp3) is 0.273. The number of benzene rings is 1. The van der Waals surface area contributed by atoms with Crippen molar-refractivity contribution in [2.45, 2.75) is 13.3 Å². The predicted molar refractivity (Wildman–Crippen MR) is 57.5 cm³/mol. The van der Waals surface area contributed by atoms with E-state index >= 15 is 0 Å². The van der Waals surface area contributed by atoms with Gasteiger partial charge in [0.1, 0.15) is 5.75 Å². The van der Waals surface area contributed by atoms with Crippen molar-refractivity contribution in [3.05, 3.63) is 29.5 Å². The summed E-state index contributed by atoms with van der Waals surface area (Å²) in [5.74, 6) is 0.290. The molecule has 1 aromatic heterocycles. The first-order valence-electron chi connectivity index (χ1n) is 4.72. The van der Waals surface area contributed by atoms with E-state index in [0.29, 0.717) is 6.54 Å². The third kappa shape index (κ3) is 1.36. The van der Waals surface area contributed by atoms with E-state index < -0.39 is 0 Å². The van der Waals surface area contributed by atoms with Gasteiger partial charge >= 0.3 is 0 Å². The van der Waals surface area contributed by atoms with E-state index in [9.17, 15) is 5.11 Å².